The van der Waals surface area contributed by atoms with Crippen molar-refractivity contribution in [2.24, 2.45) is 0 Å². The van der Waals surface area contributed by atoms with Crippen molar-refractivity contribution in [3.8, 4) is 5.75 Å². The molecule has 0 aliphatic rings. The van der Waals surface area contributed by atoms with Crippen LogP contribution in [0.5, 0.6) is 5.75 Å². The lowest BCUT2D eigenvalue weighted by Gasteiger charge is -2.17. The number of hydrogen-bond acceptors (Lipinski definition) is 2. The lowest BCUT2D eigenvalue weighted by molar-refractivity contribution is -0.123. The molecule has 0 aliphatic heterocycles. The molecule has 0 heterocycles. The second kappa shape index (κ2) is 7.12. The summed E-state index contributed by atoms with van der Waals surface area (Å²) in [7, 11) is 0. The Morgan fingerprint density at radius 3 is 2.55 bits per heavy atom. The van der Waals surface area contributed by atoms with Gasteiger partial charge in [-0.3, -0.25) is 4.79 Å². The molecule has 2 aromatic carbocycles. The van der Waals surface area contributed by atoms with Crippen LogP contribution in [0.15, 0.2) is 42.5 Å². The van der Waals surface area contributed by atoms with Crippen LogP contribution in [0.3, 0.4) is 0 Å². The fraction of sp³-hybridized carbons (Fsp3) is 0.316. The van der Waals surface area contributed by atoms with Crippen LogP contribution < -0.4 is 10.1 Å². The SMILES string of the molecule is Cc1cccc(OCC(=O)N[C@H](C)c2cc(C)ccc2C)c1. The standard InChI is InChI=1S/C19H23NO2/c1-13-6-5-7-17(10-13)22-12-19(21)20-16(4)18-11-14(2)8-9-15(18)3/h5-11,16H,12H2,1-4H3,(H,20,21)/t16-/m1/s1. The highest BCUT2D eigenvalue weighted by Gasteiger charge is 2.12. The molecule has 2 rings (SSSR count). The minimum absolute atomic E-state index is 0.0264. The lowest BCUT2D eigenvalue weighted by atomic mass is 10.00. The van der Waals surface area contributed by atoms with Crippen LogP contribution in [0.1, 0.15) is 35.2 Å². The van der Waals surface area contributed by atoms with Gasteiger partial charge in [-0.05, 0) is 56.5 Å². The van der Waals surface area contributed by atoms with Crippen molar-refractivity contribution in [2.45, 2.75) is 33.7 Å². The molecule has 3 nitrogen and oxygen atoms in total. The molecule has 0 aliphatic carbocycles. The van der Waals surface area contributed by atoms with Crippen LogP contribution in [0, 0.1) is 20.8 Å². The Bertz CT molecular complexity index is 664. The van der Waals surface area contributed by atoms with Crippen LogP contribution in [0.4, 0.5) is 0 Å². The minimum atomic E-state index is -0.116. The lowest BCUT2D eigenvalue weighted by Crippen LogP contribution is -2.31. The van der Waals surface area contributed by atoms with Crippen molar-refractivity contribution in [1.82, 2.24) is 5.32 Å². The first-order chi connectivity index (χ1) is 10.5. The molecule has 0 radical (unpaired) electrons. The molecule has 22 heavy (non-hydrogen) atoms. The number of rotatable bonds is 5. The van der Waals surface area contributed by atoms with Crippen molar-refractivity contribution < 1.29 is 9.53 Å². The maximum Gasteiger partial charge on any atom is 0.258 e. The van der Waals surface area contributed by atoms with Gasteiger partial charge in [-0.1, -0.05) is 35.9 Å². The van der Waals surface area contributed by atoms with Crippen LogP contribution in [0.25, 0.3) is 0 Å². The van der Waals surface area contributed by atoms with Gasteiger partial charge in [-0.2, -0.15) is 0 Å². The summed E-state index contributed by atoms with van der Waals surface area (Å²) < 4.78 is 5.53. The zero-order valence-electron chi connectivity index (χ0n) is 13.6. The number of amides is 1. The largest absolute Gasteiger partial charge is 0.484 e. The first kappa shape index (κ1) is 16.1. The normalized spacial score (nSPS) is 11.8. The van der Waals surface area contributed by atoms with Gasteiger partial charge in [-0.25, -0.2) is 0 Å². The summed E-state index contributed by atoms with van der Waals surface area (Å²) >= 11 is 0. The van der Waals surface area contributed by atoms with Crippen molar-refractivity contribution in [3.05, 3.63) is 64.7 Å². The molecule has 2 aromatic rings. The van der Waals surface area contributed by atoms with Gasteiger partial charge in [0.2, 0.25) is 0 Å². The maximum absolute atomic E-state index is 12.0. The highest BCUT2D eigenvalue weighted by molar-refractivity contribution is 5.78. The quantitative estimate of drug-likeness (QED) is 0.910. The maximum atomic E-state index is 12.0. The molecule has 1 N–H and O–H groups in total. The van der Waals surface area contributed by atoms with E-state index in [1.54, 1.807) is 0 Å². The second-order valence-electron chi connectivity index (χ2n) is 5.75. The first-order valence-corrected chi connectivity index (χ1v) is 7.51. The summed E-state index contributed by atoms with van der Waals surface area (Å²) in [5.41, 5.74) is 4.63. The van der Waals surface area contributed by atoms with Crippen molar-refractivity contribution >= 4 is 5.91 Å². The Balaban J connectivity index is 1.92. The predicted molar refractivity (Wildman–Crippen MR) is 89.1 cm³/mol. The molecule has 116 valence electrons. The predicted octanol–water partition coefficient (Wildman–Crippen LogP) is 3.87. The van der Waals surface area contributed by atoms with Gasteiger partial charge in [0.1, 0.15) is 5.75 Å². The van der Waals surface area contributed by atoms with Gasteiger partial charge in [0, 0.05) is 0 Å². The van der Waals surface area contributed by atoms with Gasteiger partial charge in [-0.15, -0.1) is 0 Å². The van der Waals surface area contributed by atoms with Crippen molar-refractivity contribution in [3.63, 3.8) is 0 Å². The molecule has 0 bridgehead atoms. The van der Waals surface area contributed by atoms with Crippen LogP contribution in [0.2, 0.25) is 0 Å². The summed E-state index contributed by atoms with van der Waals surface area (Å²) in [6.07, 6.45) is 0. The highest BCUT2D eigenvalue weighted by atomic mass is 16.5. The van der Waals surface area contributed by atoms with Crippen LogP contribution in [-0.4, -0.2) is 12.5 Å². The van der Waals surface area contributed by atoms with E-state index in [-0.39, 0.29) is 18.6 Å². The molecule has 0 saturated carbocycles. The Kier molecular flexibility index (Phi) is 5.21. The third-order valence-corrected chi connectivity index (χ3v) is 3.64. The Morgan fingerprint density at radius 1 is 1.09 bits per heavy atom. The summed E-state index contributed by atoms with van der Waals surface area (Å²) in [6.45, 7) is 8.12. The number of aryl methyl sites for hydroxylation is 3. The molecule has 0 unspecified atom stereocenters. The van der Waals surface area contributed by atoms with E-state index in [0.717, 1.165) is 16.9 Å². The van der Waals surface area contributed by atoms with E-state index in [2.05, 4.69) is 37.4 Å². The van der Waals surface area contributed by atoms with E-state index in [0.29, 0.717) is 0 Å². The zero-order valence-corrected chi connectivity index (χ0v) is 13.6. The molecular weight excluding hydrogens is 274 g/mol. The van der Waals surface area contributed by atoms with E-state index in [4.69, 9.17) is 4.74 Å². The Hall–Kier alpha value is -2.29. The van der Waals surface area contributed by atoms with Crippen molar-refractivity contribution in [2.75, 3.05) is 6.61 Å². The second-order valence-corrected chi connectivity index (χ2v) is 5.75. The van der Waals surface area contributed by atoms with Gasteiger partial charge in [0.05, 0.1) is 6.04 Å². The average molecular weight is 297 g/mol. The minimum Gasteiger partial charge on any atom is -0.484 e. The first-order valence-electron chi connectivity index (χ1n) is 7.51. The molecule has 0 fully saturated rings. The monoisotopic (exact) mass is 297 g/mol. The Labute approximate surface area is 132 Å². The van der Waals surface area contributed by atoms with Gasteiger partial charge >= 0.3 is 0 Å². The molecular formula is C19H23NO2. The summed E-state index contributed by atoms with van der Waals surface area (Å²) in [6, 6.07) is 13.9. The van der Waals surface area contributed by atoms with E-state index in [1.807, 2.05) is 38.1 Å². The summed E-state index contributed by atoms with van der Waals surface area (Å²) in [5.74, 6) is 0.601. The van der Waals surface area contributed by atoms with E-state index < -0.39 is 0 Å². The molecule has 1 amide bonds. The average Bonchev–Trinajstić information content (AvgIpc) is 2.47. The van der Waals surface area contributed by atoms with Gasteiger partial charge in [0.15, 0.2) is 6.61 Å². The smallest absolute Gasteiger partial charge is 0.258 e. The topological polar surface area (TPSA) is 38.3 Å². The molecule has 1 atom stereocenters. The summed E-state index contributed by atoms with van der Waals surface area (Å²) in [4.78, 5) is 12.0. The highest BCUT2D eigenvalue weighted by Crippen LogP contribution is 2.19. The van der Waals surface area contributed by atoms with Crippen LogP contribution >= 0.6 is 0 Å². The number of nitrogens with one attached hydrogen (secondary N) is 1. The molecule has 0 spiro atoms. The number of carbonyl (C=O) groups is 1. The number of hydrogen-bond donors (Lipinski definition) is 1. The van der Waals surface area contributed by atoms with E-state index >= 15 is 0 Å². The van der Waals surface area contributed by atoms with Crippen LogP contribution in [-0.2, 0) is 4.79 Å². The van der Waals surface area contributed by atoms with E-state index in [1.165, 1.54) is 11.1 Å². The molecule has 3 heteroatoms. The number of carbonyl (C=O) groups excluding carboxylic acids is 1. The number of benzene rings is 2. The zero-order chi connectivity index (χ0) is 16.1. The number of ether oxygens (including phenoxy) is 1. The fourth-order valence-corrected chi connectivity index (χ4v) is 2.44. The van der Waals surface area contributed by atoms with Gasteiger partial charge in [0.25, 0.3) is 5.91 Å². The Morgan fingerprint density at radius 2 is 1.82 bits per heavy atom. The third-order valence-electron chi connectivity index (χ3n) is 3.64. The third kappa shape index (κ3) is 4.35. The van der Waals surface area contributed by atoms with Gasteiger partial charge < -0.3 is 10.1 Å². The fourth-order valence-electron chi connectivity index (χ4n) is 2.44. The van der Waals surface area contributed by atoms with E-state index in [9.17, 15) is 4.79 Å². The summed E-state index contributed by atoms with van der Waals surface area (Å²) in [5, 5.41) is 2.99. The van der Waals surface area contributed by atoms with Crippen molar-refractivity contribution in [1.29, 1.82) is 0 Å². The molecule has 0 saturated heterocycles. The molecule has 0 aromatic heterocycles.